The first-order chi connectivity index (χ1) is 12.3. The molecule has 1 aliphatic rings. The number of carbonyl (C=O) groups excluding carboxylic acids is 1. The highest BCUT2D eigenvalue weighted by Gasteiger charge is 2.22. The van der Waals surface area contributed by atoms with Gasteiger partial charge in [-0.2, -0.15) is 0 Å². The third-order valence-corrected chi connectivity index (χ3v) is 4.64. The smallest absolute Gasteiger partial charge is 0.229 e. The van der Waals surface area contributed by atoms with Crippen LogP contribution in [0.1, 0.15) is 20.8 Å². The minimum absolute atomic E-state index is 0.00347. The fourth-order valence-electron chi connectivity index (χ4n) is 2.99. The molecule has 0 aromatic heterocycles. The first kappa shape index (κ1) is 18.2. The fraction of sp³-hybridized carbons (Fsp3) is 0.381. The van der Waals surface area contributed by atoms with Crippen molar-refractivity contribution in [3.63, 3.8) is 0 Å². The lowest BCUT2D eigenvalue weighted by molar-refractivity contribution is -0.123. The van der Waals surface area contributed by atoms with Gasteiger partial charge in [-0.3, -0.25) is 4.79 Å². The van der Waals surface area contributed by atoms with Crippen molar-refractivity contribution < 1.29 is 9.18 Å². The molecule has 0 radical (unpaired) electrons. The highest BCUT2D eigenvalue weighted by atomic mass is 19.1. The lowest BCUT2D eigenvalue weighted by Gasteiger charge is -2.37. The quantitative estimate of drug-likeness (QED) is 0.899. The number of amides is 1. The number of halogens is 1. The van der Waals surface area contributed by atoms with Gasteiger partial charge in [0, 0.05) is 43.0 Å². The van der Waals surface area contributed by atoms with Gasteiger partial charge in [-0.25, -0.2) is 4.39 Å². The monoisotopic (exact) mass is 355 g/mol. The van der Waals surface area contributed by atoms with Gasteiger partial charge in [-0.1, -0.05) is 32.9 Å². The molecule has 0 atom stereocenters. The molecule has 138 valence electrons. The van der Waals surface area contributed by atoms with E-state index in [1.165, 1.54) is 6.07 Å². The van der Waals surface area contributed by atoms with Gasteiger partial charge in [-0.05, 0) is 36.4 Å². The Morgan fingerprint density at radius 3 is 2.08 bits per heavy atom. The number of rotatable bonds is 3. The molecule has 1 amide bonds. The van der Waals surface area contributed by atoms with E-state index in [2.05, 4.69) is 15.1 Å². The number of hydrogen-bond donors (Lipinski definition) is 1. The second kappa shape index (κ2) is 7.36. The van der Waals surface area contributed by atoms with Crippen molar-refractivity contribution >= 4 is 23.0 Å². The Labute approximate surface area is 154 Å². The zero-order chi connectivity index (χ0) is 18.7. The van der Waals surface area contributed by atoms with Crippen LogP contribution in [0.5, 0.6) is 0 Å². The predicted molar refractivity (Wildman–Crippen MR) is 105 cm³/mol. The lowest BCUT2D eigenvalue weighted by atomic mass is 9.95. The Hall–Kier alpha value is -2.56. The van der Waals surface area contributed by atoms with Gasteiger partial charge >= 0.3 is 0 Å². The van der Waals surface area contributed by atoms with Gasteiger partial charge in [-0.15, -0.1) is 0 Å². The molecule has 1 aliphatic heterocycles. The average Bonchev–Trinajstić information content (AvgIpc) is 2.62. The normalized spacial score (nSPS) is 15.1. The maximum absolute atomic E-state index is 13.9. The molecule has 2 aromatic carbocycles. The van der Waals surface area contributed by atoms with E-state index in [1.807, 2.05) is 57.2 Å². The number of piperazine rings is 1. The second-order valence-corrected chi connectivity index (χ2v) is 7.68. The van der Waals surface area contributed by atoms with Crippen LogP contribution in [-0.4, -0.2) is 32.1 Å². The fourth-order valence-corrected chi connectivity index (χ4v) is 2.99. The summed E-state index contributed by atoms with van der Waals surface area (Å²) >= 11 is 0. The number of nitrogens with zero attached hydrogens (tertiary/aromatic N) is 2. The molecule has 1 saturated heterocycles. The Morgan fingerprint density at radius 2 is 1.50 bits per heavy atom. The lowest BCUT2D eigenvalue weighted by Crippen LogP contribution is -2.46. The number of para-hydroxylation sites is 1. The summed E-state index contributed by atoms with van der Waals surface area (Å²) < 4.78 is 13.9. The van der Waals surface area contributed by atoms with E-state index < -0.39 is 5.41 Å². The number of carbonyl (C=O) groups is 1. The van der Waals surface area contributed by atoms with Gasteiger partial charge in [0.2, 0.25) is 5.91 Å². The number of benzene rings is 2. The van der Waals surface area contributed by atoms with E-state index in [-0.39, 0.29) is 11.7 Å². The van der Waals surface area contributed by atoms with Crippen LogP contribution in [0.4, 0.5) is 21.5 Å². The van der Waals surface area contributed by atoms with Gasteiger partial charge in [0.1, 0.15) is 5.82 Å². The second-order valence-electron chi connectivity index (χ2n) is 7.68. The minimum Gasteiger partial charge on any atom is -0.368 e. The summed E-state index contributed by atoms with van der Waals surface area (Å²) in [5, 5.41) is 2.94. The summed E-state index contributed by atoms with van der Waals surface area (Å²) in [5.74, 6) is -0.163. The molecular weight excluding hydrogens is 329 g/mol. The van der Waals surface area contributed by atoms with Crippen LogP contribution in [0.3, 0.4) is 0 Å². The Morgan fingerprint density at radius 1 is 0.923 bits per heavy atom. The molecule has 0 bridgehead atoms. The molecule has 0 aliphatic carbocycles. The highest BCUT2D eigenvalue weighted by Crippen LogP contribution is 2.24. The molecule has 0 saturated carbocycles. The van der Waals surface area contributed by atoms with Crippen molar-refractivity contribution in [2.24, 2.45) is 5.41 Å². The predicted octanol–water partition coefficient (Wildman–Crippen LogP) is 4.14. The zero-order valence-corrected chi connectivity index (χ0v) is 15.6. The van der Waals surface area contributed by atoms with E-state index >= 15 is 0 Å². The summed E-state index contributed by atoms with van der Waals surface area (Å²) in [4.78, 5) is 16.4. The van der Waals surface area contributed by atoms with Crippen molar-refractivity contribution in [1.29, 1.82) is 0 Å². The van der Waals surface area contributed by atoms with Crippen molar-refractivity contribution in [2.75, 3.05) is 41.3 Å². The van der Waals surface area contributed by atoms with E-state index in [4.69, 9.17) is 0 Å². The molecule has 1 fully saturated rings. The third kappa shape index (κ3) is 4.15. The van der Waals surface area contributed by atoms with E-state index in [0.717, 1.165) is 37.6 Å². The first-order valence-corrected chi connectivity index (χ1v) is 9.00. The molecule has 3 rings (SSSR count). The number of anilines is 3. The summed E-state index contributed by atoms with van der Waals surface area (Å²) in [6, 6.07) is 14.8. The summed E-state index contributed by atoms with van der Waals surface area (Å²) in [6.07, 6.45) is 0. The minimum atomic E-state index is -0.415. The molecule has 0 unspecified atom stereocenters. The Balaban J connectivity index is 1.60. The van der Waals surface area contributed by atoms with Gasteiger partial charge in [0.25, 0.3) is 0 Å². The largest absolute Gasteiger partial charge is 0.368 e. The molecular formula is C21H26FN3O. The standard InChI is InChI=1S/C21H26FN3O/c1-21(2,3)20(26)23-16-8-10-17(11-9-16)24-12-14-25(15-13-24)19-7-5-4-6-18(19)22/h4-11H,12-15H2,1-3H3,(H,23,26). The molecule has 2 aromatic rings. The van der Waals surface area contributed by atoms with Crippen LogP contribution in [0, 0.1) is 11.2 Å². The third-order valence-electron chi connectivity index (χ3n) is 4.64. The van der Waals surface area contributed by atoms with E-state index in [0.29, 0.717) is 5.69 Å². The Kier molecular flexibility index (Phi) is 5.16. The summed E-state index contributed by atoms with van der Waals surface area (Å²) in [6.45, 7) is 8.92. The van der Waals surface area contributed by atoms with Crippen LogP contribution in [-0.2, 0) is 4.79 Å². The molecule has 1 heterocycles. The van der Waals surface area contributed by atoms with Gasteiger partial charge in [0.05, 0.1) is 5.69 Å². The Bertz CT molecular complexity index is 760. The van der Waals surface area contributed by atoms with Crippen molar-refractivity contribution in [3.05, 3.63) is 54.3 Å². The van der Waals surface area contributed by atoms with Gasteiger partial charge in [0.15, 0.2) is 0 Å². The SMILES string of the molecule is CC(C)(C)C(=O)Nc1ccc(N2CCN(c3ccccc3F)CC2)cc1. The van der Waals surface area contributed by atoms with Crippen molar-refractivity contribution in [1.82, 2.24) is 0 Å². The van der Waals surface area contributed by atoms with Gasteiger partial charge < -0.3 is 15.1 Å². The average molecular weight is 355 g/mol. The van der Waals surface area contributed by atoms with Crippen LogP contribution in [0.15, 0.2) is 48.5 Å². The maximum atomic E-state index is 13.9. The highest BCUT2D eigenvalue weighted by molar-refractivity contribution is 5.94. The molecule has 0 spiro atoms. The topological polar surface area (TPSA) is 35.6 Å². The molecule has 26 heavy (non-hydrogen) atoms. The van der Waals surface area contributed by atoms with Crippen LogP contribution >= 0.6 is 0 Å². The van der Waals surface area contributed by atoms with Crippen LogP contribution in [0.2, 0.25) is 0 Å². The molecule has 4 nitrogen and oxygen atoms in total. The molecule has 5 heteroatoms. The summed E-state index contributed by atoms with van der Waals surface area (Å²) in [7, 11) is 0. The number of nitrogens with one attached hydrogen (secondary N) is 1. The van der Waals surface area contributed by atoms with E-state index in [9.17, 15) is 9.18 Å². The zero-order valence-electron chi connectivity index (χ0n) is 15.6. The van der Waals surface area contributed by atoms with Crippen LogP contribution < -0.4 is 15.1 Å². The maximum Gasteiger partial charge on any atom is 0.229 e. The van der Waals surface area contributed by atoms with Crippen molar-refractivity contribution in [2.45, 2.75) is 20.8 Å². The van der Waals surface area contributed by atoms with E-state index in [1.54, 1.807) is 6.07 Å². The summed E-state index contributed by atoms with van der Waals surface area (Å²) in [5.41, 5.74) is 2.18. The first-order valence-electron chi connectivity index (χ1n) is 9.00. The van der Waals surface area contributed by atoms with Crippen molar-refractivity contribution in [3.8, 4) is 0 Å². The molecule has 1 N–H and O–H groups in total. The number of hydrogen-bond acceptors (Lipinski definition) is 3. The van der Waals surface area contributed by atoms with Crippen LogP contribution in [0.25, 0.3) is 0 Å².